The zero-order valence-electron chi connectivity index (χ0n) is 18.4. The van der Waals surface area contributed by atoms with Crippen molar-refractivity contribution in [1.29, 1.82) is 0 Å². The number of methoxy groups -OCH3 is 2. The van der Waals surface area contributed by atoms with Crippen molar-refractivity contribution < 1.29 is 9.47 Å². The van der Waals surface area contributed by atoms with Gasteiger partial charge in [-0.1, -0.05) is 6.92 Å². The van der Waals surface area contributed by atoms with Gasteiger partial charge in [0, 0.05) is 57.9 Å². The average Bonchev–Trinajstić information content (AvgIpc) is 2.75. The molecule has 0 spiro atoms. The van der Waals surface area contributed by atoms with Gasteiger partial charge in [-0.15, -0.1) is 24.0 Å². The number of hydrogen-bond donors (Lipinski definition) is 2. The third kappa shape index (κ3) is 8.96. The molecule has 8 heteroatoms. The number of rotatable bonds is 10. The standard InChI is InChI=1S/C21H37N5O2.HI/c1-5-25-12-14-26(15-13-25)11-7-6-10-23-21(22-2)24-17-18-8-9-19(27-3)16-20(18)28-4;/h8-9,16H,5-7,10-15,17H2,1-4H3,(H2,22,23,24);1H. The first-order valence-electron chi connectivity index (χ1n) is 10.3. The molecule has 1 saturated heterocycles. The van der Waals surface area contributed by atoms with Gasteiger partial charge in [0.05, 0.1) is 14.2 Å². The maximum atomic E-state index is 5.45. The third-order valence-electron chi connectivity index (χ3n) is 5.27. The highest BCUT2D eigenvalue weighted by atomic mass is 127. The van der Waals surface area contributed by atoms with Crippen LogP contribution in [0.5, 0.6) is 11.5 Å². The van der Waals surface area contributed by atoms with Gasteiger partial charge in [-0.3, -0.25) is 4.99 Å². The number of aliphatic imine (C=N–C) groups is 1. The van der Waals surface area contributed by atoms with Crippen molar-refractivity contribution in [3.8, 4) is 11.5 Å². The maximum Gasteiger partial charge on any atom is 0.191 e. The highest BCUT2D eigenvalue weighted by Gasteiger charge is 2.14. The van der Waals surface area contributed by atoms with Crippen molar-refractivity contribution >= 4 is 29.9 Å². The number of piperazine rings is 1. The van der Waals surface area contributed by atoms with Crippen LogP contribution < -0.4 is 20.1 Å². The van der Waals surface area contributed by atoms with Gasteiger partial charge in [-0.25, -0.2) is 0 Å². The fraction of sp³-hybridized carbons (Fsp3) is 0.667. The van der Waals surface area contributed by atoms with Gasteiger partial charge in [0.2, 0.25) is 0 Å². The van der Waals surface area contributed by atoms with Crippen LogP contribution in [-0.2, 0) is 6.54 Å². The molecule has 166 valence electrons. The van der Waals surface area contributed by atoms with Crippen LogP contribution in [0.4, 0.5) is 0 Å². The lowest BCUT2D eigenvalue weighted by molar-refractivity contribution is 0.136. The second kappa shape index (κ2) is 14.7. The number of guanidine groups is 1. The first-order valence-corrected chi connectivity index (χ1v) is 10.3. The summed E-state index contributed by atoms with van der Waals surface area (Å²) >= 11 is 0. The van der Waals surface area contributed by atoms with Crippen LogP contribution in [0.3, 0.4) is 0 Å². The third-order valence-corrected chi connectivity index (χ3v) is 5.27. The summed E-state index contributed by atoms with van der Waals surface area (Å²) in [5.74, 6) is 2.42. The van der Waals surface area contributed by atoms with E-state index in [1.54, 1.807) is 21.3 Å². The van der Waals surface area contributed by atoms with E-state index in [1.165, 1.54) is 45.7 Å². The molecule has 1 aromatic carbocycles. The van der Waals surface area contributed by atoms with E-state index in [2.05, 4.69) is 32.3 Å². The fourth-order valence-electron chi connectivity index (χ4n) is 3.39. The molecule has 0 saturated carbocycles. The van der Waals surface area contributed by atoms with Gasteiger partial charge in [-0.05, 0) is 38.1 Å². The largest absolute Gasteiger partial charge is 0.497 e. The van der Waals surface area contributed by atoms with Crippen LogP contribution in [0.15, 0.2) is 23.2 Å². The first kappa shape index (κ1) is 25.8. The van der Waals surface area contributed by atoms with E-state index >= 15 is 0 Å². The fourth-order valence-corrected chi connectivity index (χ4v) is 3.39. The summed E-state index contributed by atoms with van der Waals surface area (Å²) in [5.41, 5.74) is 1.07. The van der Waals surface area contributed by atoms with Crippen LogP contribution in [0.2, 0.25) is 0 Å². The highest BCUT2D eigenvalue weighted by molar-refractivity contribution is 14.0. The van der Waals surface area contributed by atoms with Crippen LogP contribution >= 0.6 is 24.0 Å². The van der Waals surface area contributed by atoms with Crippen molar-refractivity contribution in [2.24, 2.45) is 4.99 Å². The van der Waals surface area contributed by atoms with E-state index in [1.807, 2.05) is 18.2 Å². The Hall–Kier alpha value is -1.26. The molecule has 0 atom stereocenters. The van der Waals surface area contributed by atoms with Crippen LogP contribution in [0.1, 0.15) is 25.3 Å². The summed E-state index contributed by atoms with van der Waals surface area (Å²) in [5, 5.41) is 6.75. The van der Waals surface area contributed by atoms with Crippen molar-refractivity contribution in [1.82, 2.24) is 20.4 Å². The molecule has 0 aliphatic carbocycles. The first-order chi connectivity index (χ1) is 13.7. The van der Waals surface area contributed by atoms with E-state index in [-0.39, 0.29) is 24.0 Å². The Labute approximate surface area is 193 Å². The van der Waals surface area contributed by atoms with Crippen LogP contribution in [0.25, 0.3) is 0 Å². The number of benzene rings is 1. The van der Waals surface area contributed by atoms with Crippen molar-refractivity contribution in [3.63, 3.8) is 0 Å². The minimum Gasteiger partial charge on any atom is -0.497 e. The number of likely N-dealkylation sites (N-methyl/N-ethyl adjacent to an activating group) is 1. The average molecular weight is 519 g/mol. The molecule has 29 heavy (non-hydrogen) atoms. The number of hydrogen-bond acceptors (Lipinski definition) is 5. The van der Waals surface area contributed by atoms with Gasteiger partial charge in [0.25, 0.3) is 0 Å². The molecule has 0 radical (unpaired) electrons. The lowest BCUT2D eigenvalue weighted by Gasteiger charge is -2.34. The second-order valence-electron chi connectivity index (χ2n) is 7.01. The molecule has 2 N–H and O–H groups in total. The predicted molar refractivity (Wildman–Crippen MR) is 131 cm³/mol. The molecule has 0 amide bonds. The minimum atomic E-state index is 0. The molecule has 1 aliphatic heterocycles. The Morgan fingerprint density at radius 1 is 1.03 bits per heavy atom. The molecular formula is C21H38IN5O2. The monoisotopic (exact) mass is 519 g/mol. The van der Waals surface area contributed by atoms with E-state index in [0.717, 1.165) is 36.0 Å². The lowest BCUT2D eigenvalue weighted by atomic mass is 10.2. The van der Waals surface area contributed by atoms with E-state index < -0.39 is 0 Å². The lowest BCUT2D eigenvalue weighted by Crippen LogP contribution is -2.46. The summed E-state index contributed by atoms with van der Waals surface area (Å²) in [7, 11) is 5.13. The van der Waals surface area contributed by atoms with Crippen molar-refractivity contribution in [2.75, 3.05) is 67.1 Å². The Balaban J connectivity index is 0.00000420. The number of nitrogens with one attached hydrogen (secondary N) is 2. The second-order valence-corrected chi connectivity index (χ2v) is 7.01. The summed E-state index contributed by atoms with van der Waals surface area (Å²) < 4.78 is 10.7. The minimum absolute atomic E-state index is 0. The van der Waals surface area contributed by atoms with Gasteiger partial charge >= 0.3 is 0 Å². The summed E-state index contributed by atoms with van der Waals surface area (Å²) in [6.45, 7) is 11.0. The Kier molecular flexibility index (Phi) is 13.0. The molecule has 2 rings (SSSR count). The predicted octanol–water partition coefficient (Wildman–Crippen LogP) is 2.40. The normalized spacial score (nSPS) is 15.5. The summed E-state index contributed by atoms with van der Waals surface area (Å²) in [6, 6.07) is 5.85. The van der Waals surface area contributed by atoms with E-state index in [0.29, 0.717) is 6.54 Å². The smallest absolute Gasteiger partial charge is 0.191 e. The molecule has 7 nitrogen and oxygen atoms in total. The topological polar surface area (TPSA) is 61.4 Å². The number of ether oxygens (including phenoxy) is 2. The summed E-state index contributed by atoms with van der Waals surface area (Å²) in [6.07, 6.45) is 2.35. The van der Waals surface area contributed by atoms with Crippen molar-refractivity contribution in [2.45, 2.75) is 26.3 Å². The van der Waals surface area contributed by atoms with Gasteiger partial charge in [-0.2, -0.15) is 0 Å². The Morgan fingerprint density at radius 3 is 2.38 bits per heavy atom. The summed E-state index contributed by atoms with van der Waals surface area (Å²) in [4.78, 5) is 9.41. The molecule has 0 bridgehead atoms. The number of nitrogens with zero attached hydrogens (tertiary/aromatic N) is 3. The Morgan fingerprint density at radius 2 is 1.76 bits per heavy atom. The maximum absolute atomic E-state index is 5.45. The number of unbranched alkanes of at least 4 members (excludes halogenated alkanes) is 1. The number of halogens is 1. The van der Waals surface area contributed by atoms with Gasteiger partial charge in [0.15, 0.2) is 5.96 Å². The molecule has 0 aromatic heterocycles. The van der Waals surface area contributed by atoms with Gasteiger partial charge < -0.3 is 29.9 Å². The van der Waals surface area contributed by atoms with Crippen molar-refractivity contribution in [3.05, 3.63) is 23.8 Å². The highest BCUT2D eigenvalue weighted by Crippen LogP contribution is 2.24. The molecule has 1 heterocycles. The molecule has 1 aromatic rings. The van der Waals surface area contributed by atoms with Crippen LogP contribution in [-0.4, -0.2) is 82.8 Å². The molecule has 1 aliphatic rings. The quantitative estimate of drug-likeness (QED) is 0.214. The molecule has 1 fully saturated rings. The Bertz CT molecular complexity index is 607. The van der Waals surface area contributed by atoms with Crippen LogP contribution in [0, 0.1) is 0 Å². The van der Waals surface area contributed by atoms with E-state index in [9.17, 15) is 0 Å². The van der Waals surface area contributed by atoms with E-state index in [4.69, 9.17) is 9.47 Å². The zero-order valence-corrected chi connectivity index (χ0v) is 20.7. The van der Waals surface area contributed by atoms with Gasteiger partial charge in [0.1, 0.15) is 11.5 Å². The SMILES string of the molecule is CCN1CCN(CCCCNC(=NC)NCc2ccc(OC)cc2OC)CC1.I. The molecule has 0 unspecified atom stereocenters. The zero-order chi connectivity index (χ0) is 20.2. The molecular weight excluding hydrogens is 481 g/mol.